The minimum Gasteiger partial charge on any atom is -0.393 e. The smallest absolute Gasteiger partial charge is 0.225 e. The molecule has 2 N–H and O–H groups in total. The van der Waals surface area contributed by atoms with E-state index in [1.165, 1.54) is 19.3 Å². The van der Waals surface area contributed by atoms with Crippen LogP contribution in [-0.4, -0.2) is 28.9 Å². The zero-order valence-corrected chi connectivity index (χ0v) is 11.5. The first-order chi connectivity index (χ1) is 7.99. The van der Waals surface area contributed by atoms with Gasteiger partial charge in [-0.3, -0.25) is 4.79 Å². The number of thiocarbonyl (C=S) groups is 1. The maximum absolute atomic E-state index is 12.4. The average molecular weight is 254 g/mol. The Balaban J connectivity index is 1.93. The maximum atomic E-state index is 12.4. The summed E-state index contributed by atoms with van der Waals surface area (Å²) in [5.74, 6) is 2.04. The normalized spacial score (nSPS) is 32.5. The highest BCUT2D eigenvalue weighted by Crippen LogP contribution is 2.48. The summed E-state index contributed by atoms with van der Waals surface area (Å²) in [4.78, 5) is 14.7. The van der Waals surface area contributed by atoms with E-state index < -0.39 is 0 Å². The molecule has 0 saturated heterocycles. The second-order valence-electron chi connectivity index (χ2n) is 5.75. The van der Waals surface area contributed by atoms with Crippen LogP contribution in [0.5, 0.6) is 0 Å². The van der Waals surface area contributed by atoms with Gasteiger partial charge in [0.1, 0.15) is 0 Å². The molecule has 2 bridgehead atoms. The molecule has 0 aliphatic heterocycles. The van der Waals surface area contributed by atoms with Crippen molar-refractivity contribution in [2.24, 2.45) is 23.5 Å². The Labute approximate surface area is 109 Å². The Morgan fingerprint density at radius 1 is 1.47 bits per heavy atom. The Morgan fingerprint density at radius 2 is 2.18 bits per heavy atom. The van der Waals surface area contributed by atoms with Crippen molar-refractivity contribution in [1.82, 2.24) is 4.90 Å². The Morgan fingerprint density at radius 3 is 2.65 bits per heavy atom. The van der Waals surface area contributed by atoms with Crippen LogP contribution in [0.3, 0.4) is 0 Å². The molecule has 0 spiro atoms. The van der Waals surface area contributed by atoms with Crippen LogP contribution in [0.4, 0.5) is 0 Å². The van der Waals surface area contributed by atoms with Crippen LogP contribution in [0.15, 0.2) is 0 Å². The predicted molar refractivity (Wildman–Crippen MR) is 72.6 cm³/mol. The zero-order chi connectivity index (χ0) is 12.6. The molecule has 0 heterocycles. The van der Waals surface area contributed by atoms with Crippen LogP contribution < -0.4 is 5.73 Å². The molecule has 96 valence electrons. The molecule has 3 nitrogen and oxygen atoms in total. The largest absolute Gasteiger partial charge is 0.393 e. The topological polar surface area (TPSA) is 46.3 Å². The molecule has 0 aromatic heterocycles. The molecule has 2 rings (SSSR count). The van der Waals surface area contributed by atoms with E-state index in [1.54, 1.807) is 0 Å². The zero-order valence-electron chi connectivity index (χ0n) is 10.7. The molecule has 2 aliphatic carbocycles. The molecular weight excluding hydrogens is 232 g/mol. The number of hydrogen-bond donors (Lipinski definition) is 1. The monoisotopic (exact) mass is 254 g/mol. The molecule has 4 unspecified atom stereocenters. The molecule has 2 aliphatic rings. The van der Waals surface area contributed by atoms with Crippen molar-refractivity contribution in [1.29, 1.82) is 0 Å². The van der Waals surface area contributed by atoms with Crippen molar-refractivity contribution >= 4 is 23.1 Å². The van der Waals surface area contributed by atoms with Gasteiger partial charge < -0.3 is 10.6 Å². The first kappa shape index (κ1) is 12.8. The van der Waals surface area contributed by atoms with E-state index in [4.69, 9.17) is 18.0 Å². The summed E-state index contributed by atoms with van der Waals surface area (Å²) in [6.45, 7) is 2.02. The first-order valence-electron chi connectivity index (χ1n) is 6.54. The van der Waals surface area contributed by atoms with Crippen LogP contribution in [0, 0.1) is 17.8 Å². The van der Waals surface area contributed by atoms with Gasteiger partial charge in [-0.15, -0.1) is 0 Å². The van der Waals surface area contributed by atoms with Gasteiger partial charge in [-0.05, 0) is 38.0 Å². The Hall–Kier alpha value is -0.640. The molecule has 0 radical (unpaired) electrons. The van der Waals surface area contributed by atoms with Gasteiger partial charge in [-0.25, -0.2) is 0 Å². The average Bonchev–Trinajstić information content (AvgIpc) is 2.87. The number of nitrogens with zero attached hydrogens (tertiary/aromatic N) is 1. The summed E-state index contributed by atoms with van der Waals surface area (Å²) >= 11 is 4.91. The third-order valence-corrected chi connectivity index (χ3v) is 4.73. The highest BCUT2D eigenvalue weighted by Gasteiger charge is 2.44. The molecule has 4 heteroatoms. The van der Waals surface area contributed by atoms with Crippen molar-refractivity contribution in [3.05, 3.63) is 0 Å². The van der Waals surface area contributed by atoms with E-state index in [-0.39, 0.29) is 12.0 Å². The molecule has 17 heavy (non-hydrogen) atoms. The van der Waals surface area contributed by atoms with Gasteiger partial charge in [-0.1, -0.05) is 18.6 Å². The summed E-state index contributed by atoms with van der Waals surface area (Å²) in [5.41, 5.74) is 5.54. The molecule has 4 atom stereocenters. The van der Waals surface area contributed by atoms with Crippen molar-refractivity contribution in [2.75, 3.05) is 7.05 Å². The van der Waals surface area contributed by atoms with Gasteiger partial charge in [0.05, 0.1) is 4.99 Å². The van der Waals surface area contributed by atoms with Crippen LogP contribution >= 0.6 is 12.2 Å². The van der Waals surface area contributed by atoms with Crippen LogP contribution in [0.25, 0.3) is 0 Å². The summed E-state index contributed by atoms with van der Waals surface area (Å²) in [5, 5.41) is 0. The molecule has 2 saturated carbocycles. The maximum Gasteiger partial charge on any atom is 0.225 e. The summed E-state index contributed by atoms with van der Waals surface area (Å²) in [7, 11) is 1.89. The second-order valence-corrected chi connectivity index (χ2v) is 6.27. The lowest BCUT2D eigenvalue weighted by molar-refractivity contribution is -0.137. The summed E-state index contributed by atoms with van der Waals surface area (Å²) in [6.07, 6.45) is 5.58. The SMILES string of the molecule is CC(CC(N)=S)N(C)C(=O)C1CC2CCC1C2. The van der Waals surface area contributed by atoms with Gasteiger partial charge in [0.15, 0.2) is 0 Å². The molecule has 0 aromatic carbocycles. The fraction of sp³-hybridized carbons (Fsp3) is 0.846. The second kappa shape index (κ2) is 4.92. The minimum absolute atomic E-state index is 0.124. The van der Waals surface area contributed by atoms with Crippen molar-refractivity contribution in [3.63, 3.8) is 0 Å². The van der Waals surface area contributed by atoms with Crippen molar-refractivity contribution in [3.8, 4) is 0 Å². The van der Waals surface area contributed by atoms with Crippen LogP contribution in [0.1, 0.15) is 39.0 Å². The molecule has 1 amide bonds. The van der Waals surface area contributed by atoms with Crippen molar-refractivity contribution in [2.45, 2.75) is 45.1 Å². The number of rotatable bonds is 4. The van der Waals surface area contributed by atoms with Crippen molar-refractivity contribution < 1.29 is 4.79 Å². The van der Waals surface area contributed by atoms with Crippen LogP contribution in [0.2, 0.25) is 0 Å². The summed E-state index contributed by atoms with van der Waals surface area (Å²) < 4.78 is 0. The third kappa shape index (κ3) is 2.62. The Bertz CT molecular complexity index is 331. The fourth-order valence-corrected chi connectivity index (χ4v) is 3.70. The number of carbonyl (C=O) groups excluding carboxylic acids is 1. The van der Waals surface area contributed by atoms with Gasteiger partial charge in [0.25, 0.3) is 0 Å². The summed E-state index contributed by atoms with van der Waals surface area (Å²) in [6, 6.07) is 0.124. The van der Waals surface area contributed by atoms with E-state index in [9.17, 15) is 4.79 Å². The lowest BCUT2D eigenvalue weighted by Crippen LogP contribution is -2.42. The number of fused-ring (bicyclic) bond motifs is 2. The fourth-order valence-electron chi connectivity index (χ4n) is 3.45. The molecule has 0 aromatic rings. The van der Waals surface area contributed by atoms with Gasteiger partial charge in [0.2, 0.25) is 5.91 Å². The Kier molecular flexibility index (Phi) is 3.71. The number of nitrogens with two attached hydrogens (primary N) is 1. The minimum atomic E-state index is 0.124. The number of amides is 1. The molecule has 2 fully saturated rings. The third-order valence-electron chi connectivity index (χ3n) is 4.56. The van der Waals surface area contributed by atoms with Gasteiger partial charge in [0, 0.05) is 25.4 Å². The molecular formula is C13H22N2OS. The van der Waals surface area contributed by atoms with Crippen LogP contribution in [-0.2, 0) is 4.79 Å². The highest BCUT2D eigenvalue weighted by atomic mass is 32.1. The van der Waals surface area contributed by atoms with Gasteiger partial charge in [-0.2, -0.15) is 0 Å². The lowest BCUT2D eigenvalue weighted by atomic mass is 9.87. The van der Waals surface area contributed by atoms with E-state index >= 15 is 0 Å². The standard InChI is InChI=1S/C13H22N2OS/c1-8(5-12(14)17)15(2)13(16)11-7-9-3-4-10(11)6-9/h8-11H,3-7H2,1-2H3,(H2,14,17). The predicted octanol–water partition coefficient (Wildman–Crippen LogP) is 1.95. The first-order valence-corrected chi connectivity index (χ1v) is 6.94. The highest BCUT2D eigenvalue weighted by molar-refractivity contribution is 7.80. The lowest BCUT2D eigenvalue weighted by Gasteiger charge is -2.30. The van der Waals surface area contributed by atoms with E-state index in [0.717, 1.165) is 12.3 Å². The van der Waals surface area contributed by atoms with E-state index in [0.29, 0.717) is 23.2 Å². The van der Waals surface area contributed by atoms with Gasteiger partial charge >= 0.3 is 0 Å². The van der Waals surface area contributed by atoms with E-state index in [2.05, 4.69) is 0 Å². The number of hydrogen-bond acceptors (Lipinski definition) is 2. The van der Waals surface area contributed by atoms with E-state index in [1.807, 2.05) is 18.9 Å². The quantitative estimate of drug-likeness (QED) is 0.780. The number of carbonyl (C=O) groups is 1.